The van der Waals surface area contributed by atoms with E-state index in [1.807, 2.05) is 56.3 Å². The third-order valence-electron chi connectivity index (χ3n) is 2.56. The van der Waals surface area contributed by atoms with Gasteiger partial charge in [0.15, 0.2) is 0 Å². The number of hydrogen-bond acceptors (Lipinski definition) is 3. The molecule has 0 aliphatic heterocycles. The molecule has 0 spiro atoms. The predicted molar refractivity (Wildman–Crippen MR) is 70.9 cm³/mol. The van der Waals surface area contributed by atoms with Gasteiger partial charge in [0.1, 0.15) is 5.69 Å². The minimum atomic E-state index is 0.655. The summed E-state index contributed by atoms with van der Waals surface area (Å²) < 4.78 is 0. The Morgan fingerprint density at radius 1 is 0.882 bits per heavy atom. The largest absolute Gasteiger partial charge is 0.397 e. The smallest absolute Gasteiger partial charge is 0.109 e. The first kappa shape index (κ1) is 11.3. The van der Waals surface area contributed by atoms with Crippen molar-refractivity contribution < 1.29 is 0 Å². The average Bonchev–Trinajstić information content (AvgIpc) is 2.30. The maximum absolute atomic E-state index is 5.87. The molecule has 2 aromatic rings. The van der Waals surface area contributed by atoms with Gasteiger partial charge < -0.3 is 5.73 Å². The van der Waals surface area contributed by atoms with Gasteiger partial charge in [-0.1, -0.05) is 24.3 Å². The van der Waals surface area contributed by atoms with Gasteiger partial charge in [0, 0.05) is 0 Å². The fraction of sp³-hybridized carbons (Fsp3) is 0.143. The van der Waals surface area contributed by atoms with Crippen LogP contribution in [0.4, 0.5) is 17.1 Å². The molecule has 0 radical (unpaired) electrons. The summed E-state index contributed by atoms with van der Waals surface area (Å²) >= 11 is 0. The third kappa shape index (κ3) is 2.69. The second kappa shape index (κ2) is 4.78. The Kier molecular flexibility index (Phi) is 3.19. The molecule has 0 bridgehead atoms. The average molecular weight is 225 g/mol. The van der Waals surface area contributed by atoms with Gasteiger partial charge in [-0.15, -0.1) is 5.11 Å². The van der Waals surface area contributed by atoms with Crippen molar-refractivity contribution in [2.24, 2.45) is 10.2 Å². The molecule has 17 heavy (non-hydrogen) atoms. The number of azo groups is 1. The van der Waals surface area contributed by atoms with Crippen LogP contribution in [0.3, 0.4) is 0 Å². The number of hydrogen-bond donors (Lipinski definition) is 1. The molecule has 2 aromatic carbocycles. The second-order valence-corrected chi connectivity index (χ2v) is 4.05. The number of nitrogens with zero attached hydrogens (tertiary/aromatic N) is 2. The molecule has 3 nitrogen and oxygen atoms in total. The fourth-order valence-electron chi connectivity index (χ4n) is 1.55. The Bertz CT molecular complexity index is 559. The molecule has 2 rings (SSSR count). The van der Waals surface area contributed by atoms with Crippen LogP contribution in [0.2, 0.25) is 0 Å². The van der Waals surface area contributed by atoms with Crippen LogP contribution in [0, 0.1) is 13.8 Å². The zero-order valence-electron chi connectivity index (χ0n) is 10.0. The summed E-state index contributed by atoms with van der Waals surface area (Å²) in [4.78, 5) is 0. The van der Waals surface area contributed by atoms with E-state index in [1.165, 1.54) is 0 Å². The van der Waals surface area contributed by atoms with Gasteiger partial charge in [-0.3, -0.25) is 0 Å². The van der Waals surface area contributed by atoms with Gasteiger partial charge in [0.2, 0.25) is 0 Å². The highest BCUT2D eigenvalue weighted by atomic mass is 15.1. The van der Waals surface area contributed by atoms with E-state index in [1.54, 1.807) is 0 Å². The summed E-state index contributed by atoms with van der Waals surface area (Å²) in [5.41, 5.74) is 10.3. The molecule has 0 heterocycles. The van der Waals surface area contributed by atoms with Gasteiger partial charge in [0.25, 0.3) is 0 Å². The van der Waals surface area contributed by atoms with Crippen molar-refractivity contribution in [2.45, 2.75) is 13.8 Å². The maximum Gasteiger partial charge on any atom is 0.109 e. The lowest BCUT2D eigenvalue weighted by Crippen LogP contribution is -1.85. The van der Waals surface area contributed by atoms with E-state index in [0.29, 0.717) is 11.4 Å². The second-order valence-electron chi connectivity index (χ2n) is 4.05. The SMILES string of the molecule is Cc1ccc(N=Nc2ccccc2C)c(N)c1. The van der Waals surface area contributed by atoms with Crippen molar-refractivity contribution in [3.63, 3.8) is 0 Å². The van der Waals surface area contributed by atoms with Crippen molar-refractivity contribution in [1.82, 2.24) is 0 Å². The topological polar surface area (TPSA) is 50.7 Å². The highest BCUT2D eigenvalue weighted by Crippen LogP contribution is 2.26. The molecular formula is C14H15N3. The van der Waals surface area contributed by atoms with Crippen molar-refractivity contribution in [3.8, 4) is 0 Å². The van der Waals surface area contributed by atoms with Crippen LogP contribution in [-0.4, -0.2) is 0 Å². The molecule has 3 heteroatoms. The Balaban J connectivity index is 2.29. The Morgan fingerprint density at radius 3 is 2.29 bits per heavy atom. The lowest BCUT2D eigenvalue weighted by Gasteiger charge is -2.01. The number of aryl methyl sites for hydroxylation is 2. The fourth-order valence-corrected chi connectivity index (χ4v) is 1.55. The van der Waals surface area contributed by atoms with Crippen LogP contribution in [0.5, 0.6) is 0 Å². The maximum atomic E-state index is 5.87. The molecule has 0 aromatic heterocycles. The van der Waals surface area contributed by atoms with Crippen LogP contribution in [0.1, 0.15) is 11.1 Å². The molecule has 0 aliphatic carbocycles. The molecule has 0 unspecified atom stereocenters. The molecule has 0 amide bonds. The predicted octanol–water partition coefficient (Wildman–Crippen LogP) is 4.30. The van der Waals surface area contributed by atoms with Crippen molar-refractivity contribution in [2.75, 3.05) is 5.73 Å². The summed E-state index contributed by atoms with van der Waals surface area (Å²) in [5, 5.41) is 8.39. The summed E-state index contributed by atoms with van der Waals surface area (Å²) in [5.74, 6) is 0. The first-order valence-electron chi connectivity index (χ1n) is 5.50. The van der Waals surface area contributed by atoms with E-state index in [-0.39, 0.29) is 0 Å². The van der Waals surface area contributed by atoms with Crippen LogP contribution in [0.25, 0.3) is 0 Å². The number of nitrogens with two attached hydrogens (primary N) is 1. The van der Waals surface area contributed by atoms with Gasteiger partial charge >= 0.3 is 0 Å². The van der Waals surface area contributed by atoms with Crippen LogP contribution >= 0.6 is 0 Å². The standard InChI is InChI=1S/C14H15N3/c1-10-7-8-14(12(15)9-10)17-16-13-6-4-3-5-11(13)2/h3-9H,15H2,1-2H3. The van der Waals surface area contributed by atoms with Gasteiger partial charge in [-0.2, -0.15) is 5.11 Å². The molecule has 0 atom stereocenters. The highest BCUT2D eigenvalue weighted by molar-refractivity contribution is 5.63. The minimum Gasteiger partial charge on any atom is -0.397 e. The van der Waals surface area contributed by atoms with Crippen LogP contribution in [0.15, 0.2) is 52.7 Å². The lowest BCUT2D eigenvalue weighted by molar-refractivity contribution is 1.21. The van der Waals surface area contributed by atoms with E-state index in [0.717, 1.165) is 16.8 Å². The lowest BCUT2D eigenvalue weighted by atomic mass is 10.2. The van der Waals surface area contributed by atoms with Gasteiger partial charge in [-0.25, -0.2) is 0 Å². The molecule has 86 valence electrons. The van der Waals surface area contributed by atoms with E-state index >= 15 is 0 Å². The number of rotatable bonds is 2. The Hall–Kier alpha value is -2.16. The summed E-state index contributed by atoms with van der Waals surface area (Å²) in [6.45, 7) is 4.01. The molecule has 0 fully saturated rings. The minimum absolute atomic E-state index is 0.655. The highest BCUT2D eigenvalue weighted by Gasteiger charge is 1.98. The van der Waals surface area contributed by atoms with E-state index < -0.39 is 0 Å². The monoisotopic (exact) mass is 225 g/mol. The summed E-state index contributed by atoms with van der Waals surface area (Å²) in [6, 6.07) is 13.6. The zero-order valence-corrected chi connectivity index (χ0v) is 10.0. The van der Waals surface area contributed by atoms with Gasteiger partial charge in [0.05, 0.1) is 11.4 Å². The Morgan fingerprint density at radius 2 is 1.59 bits per heavy atom. The quantitative estimate of drug-likeness (QED) is 0.601. The Labute approximate surface area is 101 Å². The number of nitrogen functional groups attached to an aromatic ring is 1. The van der Waals surface area contributed by atoms with Crippen LogP contribution in [-0.2, 0) is 0 Å². The van der Waals surface area contributed by atoms with Crippen molar-refractivity contribution >= 4 is 17.1 Å². The normalized spacial score (nSPS) is 10.9. The first-order valence-corrected chi connectivity index (χ1v) is 5.50. The van der Waals surface area contributed by atoms with E-state index in [2.05, 4.69) is 10.2 Å². The number of anilines is 1. The molecule has 2 N–H and O–H groups in total. The molecule has 0 saturated heterocycles. The first-order chi connectivity index (χ1) is 8.16. The molecule has 0 saturated carbocycles. The van der Waals surface area contributed by atoms with Gasteiger partial charge in [-0.05, 0) is 43.2 Å². The molecule has 0 aliphatic rings. The summed E-state index contributed by atoms with van der Waals surface area (Å²) in [6.07, 6.45) is 0. The van der Waals surface area contributed by atoms with E-state index in [9.17, 15) is 0 Å². The number of benzene rings is 2. The third-order valence-corrected chi connectivity index (χ3v) is 2.56. The summed E-state index contributed by atoms with van der Waals surface area (Å²) in [7, 11) is 0. The van der Waals surface area contributed by atoms with Crippen LogP contribution < -0.4 is 5.73 Å². The zero-order chi connectivity index (χ0) is 12.3. The van der Waals surface area contributed by atoms with Crippen molar-refractivity contribution in [1.29, 1.82) is 0 Å². The van der Waals surface area contributed by atoms with E-state index in [4.69, 9.17) is 5.73 Å². The van der Waals surface area contributed by atoms with Crippen molar-refractivity contribution in [3.05, 3.63) is 53.6 Å². The molecular weight excluding hydrogens is 210 g/mol.